The lowest BCUT2D eigenvalue weighted by Gasteiger charge is -2.31. The molecule has 124 valence electrons. The van der Waals surface area contributed by atoms with Crippen LogP contribution in [-0.2, 0) is 14.4 Å². The molecule has 1 aliphatic heterocycles. The average molecular weight is 321 g/mol. The van der Waals surface area contributed by atoms with Gasteiger partial charge in [0.15, 0.2) is 0 Å². The van der Waals surface area contributed by atoms with E-state index in [0.29, 0.717) is 24.5 Å². The summed E-state index contributed by atoms with van der Waals surface area (Å²) in [4.78, 5) is 39.2. The van der Waals surface area contributed by atoms with Gasteiger partial charge in [-0.15, -0.1) is 0 Å². The molecule has 0 bridgehead atoms. The second kappa shape index (κ2) is 7.57. The number of carboxylic acid groups (broad SMARTS) is 2. The first kappa shape index (κ1) is 16.7. The molecule has 2 heterocycles. The van der Waals surface area contributed by atoms with Crippen LogP contribution in [0, 0.1) is 5.92 Å². The summed E-state index contributed by atoms with van der Waals surface area (Å²) in [5.74, 6) is -1.92. The molecule has 1 unspecified atom stereocenters. The smallest absolute Gasteiger partial charge is 0.308 e. The van der Waals surface area contributed by atoms with E-state index in [1.807, 2.05) is 4.90 Å². The van der Waals surface area contributed by atoms with Crippen LogP contribution in [0.2, 0.25) is 0 Å². The number of amides is 1. The Hall–Kier alpha value is -2.64. The lowest BCUT2D eigenvalue weighted by molar-refractivity contribution is -0.142. The van der Waals surface area contributed by atoms with E-state index in [0.717, 1.165) is 13.0 Å². The first-order chi connectivity index (χ1) is 11.0. The molecule has 0 aromatic carbocycles. The van der Waals surface area contributed by atoms with Crippen LogP contribution in [0.15, 0.2) is 18.3 Å². The summed E-state index contributed by atoms with van der Waals surface area (Å²) in [5.41, 5.74) is 0.482. The zero-order valence-electron chi connectivity index (χ0n) is 12.6. The van der Waals surface area contributed by atoms with Gasteiger partial charge in [0.05, 0.1) is 24.2 Å². The highest BCUT2D eigenvalue weighted by Crippen LogP contribution is 2.22. The van der Waals surface area contributed by atoms with Crippen LogP contribution in [0.25, 0.3) is 0 Å². The van der Waals surface area contributed by atoms with E-state index >= 15 is 0 Å². The van der Waals surface area contributed by atoms with Gasteiger partial charge in [-0.1, -0.05) is 0 Å². The summed E-state index contributed by atoms with van der Waals surface area (Å²) in [7, 11) is 0. The molecule has 1 aliphatic rings. The van der Waals surface area contributed by atoms with Crippen LogP contribution < -0.4 is 10.2 Å². The number of rotatable bonds is 6. The van der Waals surface area contributed by atoms with Gasteiger partial charge < -0.3 is 20.4 Å². The van der Waals surface area contributed by atoms with Crippen LogP contribution in [0.5, 0.6) is 0 Å². The van der Waals surface area contributed by atoms with Crippen molar-refractivity contribution in [3.05, 3.63) is 18.3 Å². The summed E-state index contributed by atoms with van der Waals surface area (Å²) >= 11 is 0. The number of carbonyl (C=O) groups excluding carboxylic acids is 1. The molecule has 8 nitrogen and oxygen atoms in total. The fourth-order valence-corrected chi connectivity index (χ4v) is 2.48. The normalized spacial score (nSPS) is 17.6. The summed E-state index contributed by atoms with van der Waals surface area (Å²) in [6.07, 6.45) is 2.64. The quantitative estimate of drug-likeness (QED) is 0.719. The molecule has 1 fully saturated rings. The first-order valence-corrected chi connectivity index (χ1v) is 7.41. The first-order valence-electron chi connectivity index (χ1n) is 7.41. The number of pyridine rings is 1. The van der Waals surface area contributed by atoms with Gasteiger partial charge in [0, 0.05) is 19.5 Å². The predicted octanol–water partition coefficient (Wildman–Crippen LogP) is 1.19. The lowest BCUT2D eigenvalue weighted by atomic mass is 9.98. The maximum Gasteiger partial charge on any atom is 0.308 e. The van der Waals surface area contributed by atoms with E-state index in [2.05, 4.69) is 10.3 Å². The Morgan fingerprint density at radius 3 is 2.65 bits per heavy atom. The molecule has 1 saturated heterocycles. The van der Waals surface area contributed by atoms with Crippen LogP contribution in [-0.4, -0.2) is 46.1 Å². The molecule has 1 aromatic rings. The summed E-state index contributed by atoms with van der Waals surface area (Å²) < 4.78 is 0. The van der Waals surface area contributed by atoms with Gasteiger partial charge >= 0.3 is 11.9 Å². The molecule has 8 heteroatoms. The van der Waals surface area contributed by atoms with E-state index in [4.69, 9.17) is 10.2 Å². The Bertz CT molecular complexity index is 587. The maximum absolute atomic E-state index is 11.5. The molecule has 23 heavy (non-hydrogen) atoms. The Kier molecular flexibility index (Phi) is 5.51. The molecule has 0 aliphatic carbocycles. The van der Waals surface area contributed by atoms with E-state index in [-0.39, 0.29) is 24.7 Å². The van der Waals surface area contributed by atoms with Gasteiger partial charge in [0.1, 0.15) is 5.82 Å². The Labute approximate surface area is 133 Å². The molecule has 2 rings (SSSR count). The van der Waals surface area contributed by atoms with Crippen molar-refractivity contribution in [3.8, 4) is 0 Å². The summed E-state index contributed by atoms with van der Waals surface area (Å²) in [5, 5.41) is 20.2. The largest absolute Gasteiger partial charge is 0.481 e. The van der Waals surface area contributed by atoms with Crippen molar-refractivity contribution < 1.29 is 24.6 Å². The minimum atomic E-state index is -1.02. The summed E-state index contributed by atoms with van der Waals surface area (Å²) in [6.45, 7) is 1.17. The third-order valence-electron chi connectivity index (χ3n) is 3.69. The third kappa shape index (κ3) is 4.94. The van der Waals surface area contributed by atoms with Crippen molar-refractivity contribution in [1.82, 2.24) is 4.98 Å². The van der Waals surface area contributed by atoms with Gasteiger partial charge in [-0.3, -0.25) is 14.4 Å². The van der Waals surface area contributed by atoms with E-state index in [1.54, 1.807) is 12.1 Å². The monoisotopic (exact) mass is 321 g/mol. The summed E-state index contributed by atoms with van der Waals surface area (Å²) in [6, 6.07) is 3.39. The topological polar surface area (TPSA) is 120 Å². The van der Waals surface area contributed by atoms with Gasteiger partial charge in [-0.05, 0) is 25.0 Å². The Morgan fingerprint density at radius 2 is 2.04 bits per heavy atom. The number of nitrogens with zero attached hydrogens (tertiary/aromatic N) is 2. The van der Waals surface area contributed by atoms with E-state index in [9.17, 15) is 14.4 Å². The van der Waals surface area contributed by atoms with Crippen molar-refractivity contribution in [2.24, 2.45) is 5.92 Å². The number of aliphatic carboxylic acids is 2. The number of nitrogens with one attached hydrogen (secondary N) is 1. The Morgan fingerprint density at radius 1 is 1.26 bits per heavy atom. The van der Waals surface area contributed by atoms with Gasteiger partial charge in [0.2, 0.25) is 5.91 Å². The number of carbonyl (C=O) groups is 3. The maximum atomic E-state index is 11.5. The number of piperidine rings is 1. The minimum Gasteiger partial charge on any atom is -0.481 e. The zero-order valence-corrected chi connectivity index (χ0v) is 12.6. The second-order valence-electron chi connectivity index (χ2n) is 5.47. The van der Waals surface area contributed by atoms with E-state index < -0.39 is 11.9 Å². The van der Waals surface area contributed by atoms with Crippen molar-refractivity contribution in [3.63, 3.8) is 0 Å². The zero-order chi connectivity index (χ0) is 16.8. The fraction of sp³-hybridized carbons (Fsp3) is 0.467. The highest BCUT2D eigenvalue weighted by atomic mass is 16.4. The number of hydrogen-bond donors (Lipinski definition) is 3. The number of aromatic nitrogens is 1. The van der Waals surface area contributed by atoms with Crippen LogP contribution >= 0.6 is 0 Å². The van der Waals surface area contributed by atoms with Crippen molar-refractivity contribution in [2.75, 3.05) is 23.3 Å². The SMILES string of the molecule is O=C(O)CCC(=O)Nc1ccc(N2CCCC(C(=O)O)C2)nc1. The van der Waals surface area contributed by atoms with Crippen LogP contribution in [0.1, 0.15) is 25.7 Å². The molecule has 0 spiro atoms. The van der Waals surface area contributed by atoms with Gasteiger partial charge in [-0.25, -0.2) is 4.98 Å². The highest BCUT2D eigenvalue weighted by Gasteiger charge is 2.25. The van der Waals surface area contributed by atoms with Crippen molar-refractivity contribution in [1.29, 1.82) is 0 Å². The average Bonchev–Trinajstić information content (AvgIpc) is 2.54. The molecule has 0 radical (unpaired) electrons. The third-order valence-corrected chi connectivity index (χ3v) is 3.69. The van der Waals surface area contributed by atoms with Crippen molar-refractivity contribution >= 4 is 29.4 Å². The van der Waals surface area contributed by atoms with Crippen LogP contribution in [0.4, 0.5) is 11.5 Å². The fourth-order valence-electron chi connectivity index (χ4n) is 2.48. The molecular formula is C15H19N3O5. The van der Waals surface area contributed by atoms with Gasteiger partial charge in [-0.2, -0.15) is 0 Å². The van der Waals surface area contributed by atoms with E-state index in [1.165, 1.54) is 6.20 Å². The van der Waals surface area contributed by atoms with Crippen molar-refractivity contribution in [2.45, 2.75) is 25.7 Å². The molecular weight excluding hydrogens is 302 g/mol. The van der Waals surface area contributed by atoms with Gasteiger partial charge in [0.25, 0.3) is 0 Å². The highest BCUT2D eigenvalue weighted by molar-refractivity contribution is 5.92. The molecule has 0 saturated carbocycles. The predicted molar refractivity (Wildman–Crippen MR) is 82.3 cm³/mol. The minimum absolute atomic E-state index is 0.0937. The standard InChI is InChI=1S/C15H19N3O5/c19-13(5-6-14(20)21)17-11-3-4-12(16-8-11)18-7-1-2-10(9-18)15(22)23/h3-4,8,10H,1-2,5-7,9H2,(H,17,19)(H,20,21)(H,22,23). The molecule has 1 aromatic heterocycles. The lowest BCUT2D eigenvalue weighted by Crippen LogP contribution is -2.39. The second-order valence-corrected chi connectivity index (χ2v) is 5.47. The molecule has 1 atom stereocenters. The Balaban J connectivity index is 1.92. The van der Waals surface area contributed by atoms with Crippen LogP contribution in [0.3, 0.4) is 0 Å². The number of anilines is 2. The molecule has 1 amide bonds. The molecule has 3 N–H and O–H groups in total. The number of carboxylic acids is 2. The number of hydrogen-bond acceptors (Lipinski definition) is 5.